The summed E-state index contributed by atoms with van der Waals surface area (Å²) in [6.07, 6.45) is 4.76. The molecular weight excluding hydrogens is 244 g/mol. The van der Waals surface area contributed by atoms with E-state index in [1.165, 1.54) is 4.90 Å². The van der Waals surface area contributed by atoms with Gasteiger partial charge in [-0.2, -0.15) is 0 Å². The Hall–Kier alpha value is -1.00. The molecule has 2 N–H and O–H groups in total. The van der Waals surface area contributed by atoms with E-state index < -0.39 is 5.54 Å². The van der Waals surface area contributed by atoms with E-state index in [0.29, 0.717) is 6.54 Å². The lowest BCUT2D eigenvalue weighted by Gasteiger charge is -2.39. The van der Waals surface area contributed by atoms with Crippen LogP contribution in [0.3, 0.4) is 0 Å². The molecular formula is C14H20N2OS. The second kappa shape index (κ2) is 5.33. The van der Waals surface area contributed by atoms with E-state index in [1.54, 1.807) is 16.7 Å². The average molecular weight is 264 g/mol. The molecule has 1 aromatic rings. The zero-order valence-electron chi connectivity index (χ0n) is 11.0. The third-order valence-electron chi connectivity index (χ3n) is 3.60. The van der Waals surface area contributed by atoms with Gasteiger partial charge in [0.2, 0.25) is 5.91 Å². The van der Waals surface area contributed by atoms with E-state index in [1.807, 2.05) is 7.05 Å². The molecule has 3 nitrogen and oxygen atoms in total. The molecule has 1 aliphatic carbocycles. The molecule has 4 heteroatoms. The van der Waals surface area contributed by atoms with Crippen molar-refractivity contribution in [3.63, 3.8) is 0 Å². The van der Waals surface area contributed by atoms with Gasteiger partial charge in [0, 0.05) is 18.5 Å². The summed E-state index contributed by atoms with van der Waals surface area (Å²) in [5.74, 6) is 0.0719. The molecule has 18 heavy (non-hydrogen) atoms. The molecule has 0 bridgehead atoms. The van der Waals surface area contributed by atoms with Gasteiger partial charge in [0.15, 0.2) is 0 Å². The Morgan fingerprint density at radius 1 is 1.39 bits per heavy atom. The van der Waals surface area contributed by atoms with Crippen LogP contribution in [0.4, 0.5) is 0 Å². The number of benzene rings is 1. The Balaban J connectivity index is 1.97. The largest absolute Gasteiger partial charge is 0.340 e. The Morgan fingerprint density at radius 3 is 2.44 bits per heavy atom. The topological polar surface area (TPSA) is 46.3 Å². The van der Waals surface area contributed by atoms with E-state index in [4.69, 9.17) is 5.73 Å². The number of rotatable bonds is 4. The van der Waals surface area contributed by atoms with Crippen molar-refractivity contribution in [2.24, 2.45) is 5.73 Å². The fraction of sp³-hybridized carbons (Fsp3) is 0.500. The van der Waals surface area contributed by atoms with E-state index in [2.05, 4.69) is 30.5 Å². The fourth-order valence-corrected chi connectivity index (χ4v) is 2.64. The first-order valence-electron chi connectivity index (χ1n) is 6.22. The molecule has 1 aliphatic rings. The van der Waals surface area contributed by atoms with Crippen molar-refractivity contribution in [3.8, 4) is 0 Å². The van der Waals surface area contributed by atoms with Crippen molar-refractivity contribution in [2.75, 3.05) is 13.3 Å². The van der Waals surface area contributed by atoms with Gasteiger partial charge < -0.3 is 10.6 Å². The molecule has 1 fully saturated rings. The third kappa shape index (κ3) is 2.70. The summed E-state index contributed by atoms with van der Waals surface area (Å²) in [4.78, 5) is 15.2. The minimum absolute atomic E-state index is 0.0719. The SMILES string of the molecule is CSc1ccc(CN(C)C(=O)C2(N)CCC2)cc1. The highest BCUT2D eigenvalue weighted by atomic mass is 32.2. The molecule has 1 amide bonds. The van der Waals surface area contributed by atoms with Crippen molar-refractivity contribution in [2.45, 2.75) is 36.2 Å². The summed E-state index contributed by atoms with van der Waals surface area (Å²) in [6, 6.07) is 8.30. The van der Waals surface area contributed by atoms with Crippen LogP contribution in [0.25, 0.3) is 0 Å². The molecule has 2 rings (SSSR count). The van der Waals surface area contributed by atoms with Crippen LogP contribution in [0.15, 0.2) is 29.2 Å². The fourth-order valence-electron chi connectivity index (χ4n) is 2.23. The number of nitrogens with zero attached hydrogens (tertiary/aromatic N) is 1. The number of amides is 1. The van der Waals surface area contributed by atoms with Crippen molar-refractivity contribution in [3.05, 3.63) is 29.8 Å². The van der Waals surface area contributed by atoms with Crippen LogP contribution in [0.5, 0.6) is 0 Å². The average Bonchev–Trinajstić information content (AvgIpc) is 2.36. The maximum absolute atomic E-state index is 12.2. The predicted octanol–water partition coefficient (Wildman–Crippen LogP) is 2.25. The lowest BCUT2D eigenvalue weighted by molar-refractivity contribution is -0.139. The molecule has 0 radical (unpaired) electrons. The highest BCUT2D eigenvalue weighted by Gasteiger charge is 2.41. The highest BCUT2D eigenvalue weighted by Crippen LogP contribution is 2.31. The van der Waals surface area contributed by atoms with Gasteiger partial charge in [-0.15, -0.1) is 11.8 Å². The monoisotopic (exact) mass is 264 g/mol. The summed E-state index contributed by atoms with van der Waals surface area (Å²) in [6.45, 7) is 0.631. The van der Waals surface area contributed by atoms with Gasteiger partial charge in [0.1, 0.15) is 0 Å². The zero-order valence-corrected chi connectivity index (χ0v) is 11.8. The molecule has 0 spiro atoms. The van der Waals surface area contributed by atoms with Crippen molar-refractivity contribution in [1.29, 1.82) is 0 Å². The summed E-state index contributed by atoms with van der Waals surface area (Å²) in [5.41, 5.74) is 6.61. The Labute approximate surface area is 113 Å². The maximum atomic E-state index is 12.2. The number of hydrogen-bond donors (Lipinski definition) is 1. The molecule has 0 saturated heterocycles. The number of hydrogen-bond acceptors (Lipinski definition) is 3. The number of likely N-dealkylation sites (N-methyl/N-ethyl adjacent to an activating group) is 1. The molecule has 0 aromatic heterocycles. The van der Waals surface area contributed by atoms with Crippen molar-refractivity contribution in [1.82, 2.24) is 4.90 Å². The van der Waals surface area contributed by atoms with Crippen LogP contribution in [0.2, 0.25) is 0 Å². The predicted molar refractivity (Wildman–Crippen MR) is 75.5 cm³/mol. The summed E-state index contributed by atoms with van der Waals surface area (Å²) in [5, 5.41) is 0. The summed E-state index contributed by atoms with van der Waals surface area (Å²) < 4.78 is 0. The third-order valence-corrected chi connectivity index (χ3v) is 4.34. The summed E-state index contributed by atoms with van der Waals surface area (Å²) >= 11 is 1.72. The molecule has 0 unspecified atom stereocenters. The van der Waals surface area contributed by atoms with Gasteiger partial charge in [-0.05, 0) is 43.2 Å². The van der Waals surface area contributed by atoms with Crippen LogP contribution in [-0.2, 0) is 11.3 Å². The first kappa shape index (κ1) is 13.4. The Kier molecular flexibility index (Phi) is 3.97. The van der Waals surface area contributed by atoms with Gasteiger partial charge in [-0.25, -0.2) is 0 Å². The number of carbonyl (C=O) groups excluding carboxylic acids is 1. The van der Waals surface area contributed by atoms with Gasteiger partial charge in [0.05, 0.1) is 5.54 Å². The van der Waals surface area contributed by atoms with Gasteiger partial charge in [-0.3, -0.25) is 4.79 Å². The van der Waals surface area contributed by atoms with E-state index in [0.717, 1.165) is 24.8 Å². The lowest BCUT2D eigenvalue weighted by Crippen LogP contribution is -2.58. The molecule has 0 atom stereocenters. The van der Waals surface area contributed by atoms with Gasteiger partial charge in [0.25, 0.3) is 0 Å². The van der Waals surface area contributed by atoms with Crippen LogP contribution in [0.1, 0.15) is 24.8 Å². The van der Waals surface area contributed by atoms with Gasteiger partial charge >= 0.3 is 0 Å². The normalized spacial score (nSPS) is 17.1. The summed E-state index contributed by atoms with van der Waals surface area (Å²) in [7, 11) is 1.83. The second-order valence-electron chi connectivity index (χ2n) is 5.02. The quantitative estimate of drug-likeness (QED) is 0.848. The first-order valence-corrected chi connectivity index (χ1v) is 7.45. The number of thioether (sulfide) groups is 1. The zero-order chi connectivity index (χ0) is 13.2. The highest BCUT2D eigenvalue weighted by molar-refractivity contribution is 7.98. The second-order valence-corrected chi connectivity index (χ2v) is 5.90. The van der Waals surface area contributed by atoms with Crippen LogP contribution in [0, 0.1) is 0 Å². The Bertz CT molecular complexity index is 426. The van der Waals surface area contributed by atoms with E-state index in [-0.39, 0.29) is 5.91 Å². The smallest absolute Gasteiger partial charge is 0.242 e. The first-order chi connectivity index (χ1) is 8.55. The van der Waals surface area contributed by atoms with Crippen LogP contribution >= 0.6 is 11.8 Å². The van der Waals surface area contributed by atoms with Crippen LogP contribution in [-0.4, -0.2) is 29.6 Å². The minimum atomic E-state index is -0.589. The van der Waals surface area contributed by atoms with Crippen molar-refractivity contribution < 1.29 is 4.79 Å². The molecule has 1 aromatic carbocycles. The molecule has 0 aliphatic heterocycles. The molecule has 1 saturated carbocycles. The van der Waals surface area contributed by atoms with E-state index in [9.17, 15) is 4.79 Å². The van der Waals surface area contributed by atoms with E-state index >= 15 is 0 Å². The minimum Gasteiger partial charge on any atom is -0.340 e. The lowest BCUT2D eigenvalue weighted by atomic mass is 9.76. The Morgan fingerprint density at radius 2 is 2.00 bits per heavy atom. The molecule has 0 heterocycles. The molecule has 98 valence electrons. The number of carbonyl (C=O) groups is 1. The number of nitrogens with two attached hydrogens (primary N) is 1. The van der Waals surface area contributed by atoms with Gasteiger partial charge in [-0.1, -0.05) is 12.1 Å². The maximum Gasteiger partial charge on any atom is 0.242 e. The van der Waals surface area contributed by atoms with Crippen LogP contribution < -0.4 is 5.73 Å². The van der Waals surface area contributed by atoms with Crippen molar-refractivity contribution >= 4 is 17.7 Å². The standard InChI is InChI=1S/C14H20N2OS/c1-16(13(17)14(15)8-3-9-14)10-11-4-6-12(18-2)7-5-11/h4-7H,3,8-10,15H2,1-2H3.